The Morgan fingerprint density at radius 3 is 2.33 bits per heavy atom. The molecule has 0 unspecified atom stereocenters. The van der Waals surface area contributed by atoms with Gasteiger partial charge in [-0.2, -0.15) is 0 Å². The Labute approximate surface area is 69.0 Å². The summed E-state index contributed by atoms with van der Waals surface area (Å²) in [6, 6.07) is -1.01. The Balaban J connectivity index is 3.71. The minimum absolute atomic E-state index is 0.508. The molecule has 0 heterocycles. The second-order valence-corrected chi connectivity index (χ2v) is 3.44. The predicted molar refractivity (Wildman–Crippen MR) is 39.1 cm³/mol. The predicted octanol–water partition coefficient (Wildman–Crippen LogP) is -2.22. The van der Waals surface area contributed by atoms with E-state index >= 15 is 0 Å². The van der Waals surface area contributed by atoms with E-state index in [1.807, 2.05) is 0 Å². The fourth-order valence-electron chi connectivity index (χ4n) is 0.430. The van der Waals surface area contributed by atoms with Crippen LogP contribution in [-0.2, 0) is 9.09 Å². The van der Waals surface area contributed by atoms with E-state index in [4.69, 9.17) is 25.7 Å². The summed E-state index contributed by atoms with van der Waals surface area (Å²) in [4.78, 5) is 16.4. The van der Waals surface area contributed by atoms with E-state index in [2.05, 4.69) is 4.52 Å². The van der Waals surface area contributed by atoms with Crippen molar-refractivity contribution in [2.45, 2.75) is 12.1 Å². The van der Waals surface area contributed by atoms with Crippen molar-refractivity contribution in [2.75, 3.05) is 13.2 Å². The van der Waals surface area contributed by atoms with E-state index in [0.29, 0.717) is 0 Å². The van der Waals surface area contributed by atoms with Gasteiger partial charge < -0.3 is 25.7 Å². The Morgan fingerprint density at radius 2 is 2.00 bits per heavy atom. The molecule has 0 bridgehead atoms. The molecule has 6 N–H and O–H groups in total. The standard InChI is InChI=1S/C4H12NO6P/c5-3(4(7)1-6)2-11-12(8,9)10/h3-4,6-7H,1-2,5H2,(H2,8,9,10)/t3-,4+/m0/s1. The van der Waals surface area contributed by atoms with Gasteiger partial charge in [-0.3, -0.25) is 4.52 Å². The van der Waals surface area contributed by atoms with Crippen LogP contribution in [-0.4, -0.2) is 45.4 Å². The van der Waals surface area contributed by atoms with E-state index in [1.54, 1.807) is 0 Å². The molecule has 0 amide bonds. The molecule has 7 nitrogen and oxygen atoms in total. The maximum absolute atomic E-state index is 10.1. The van der Waals surface area contributed by atoms with Gasteiger partial charge >= 0.3 is 7.82 Å². The zero-order chi connectivity index (χ0) is 9.78. The molecule has 74 valence electrons. The van der Waals surface area contributed by atoms with E-state index in [1.165, 1.54) is 0 Å². The normalized spacial score (nSPS) is 17.4. The zero-order valence-electron chi connectivity index (χ0n) is 6.20. The van der Waals surface area contributed by atoms with Gasteiger partial charge in [0, 0.05) is 0 Å². The lowest BCUT2D eigenvalue weighted by molar-refractivity contribution is 0.0531. The number of phosphoric acid groups is 1. The summed E-state index contributed by atoms with van der Waals surface area (Å²) in [7, 11) is -4.54. The summed E-state index contributed by atoms with van der Waals surface area (Å²) >= 11 is 0. The fourth-order valence-corrected chi connectivity index (χ4v) is 0.796. The smallest absolute Gasteiger partial charge is 0.394 e. The molecule has 0 fully saturated rings. The van der Waals surface area contributed by atoms with Crippen molar-refractivity contribution in [3.8, 4) is 0 Å². The number of hydrogen-bond acceptors (Lipinski definition) is 5. The highest BCUT2D eigenvalue weighted by molar-refractivity contribution is 7.46. The number of rotatable bonds is 5. The van der Waals surface area contributed by atoms with Gasteiger partial charge in [0.15, 0.2) is 0 Å². The van der Waals surface area contributed by atoms with Gasteiger partial charge in [-0.15, -0.1) is 0 Å². The van der Waals surface area contributed by atoms with Crippen LogP contribution in [0.3, 0.4) is 0 Å². The quantitative estimate of drug-likeness (QED) is 0.318. The van der Waals surface area contributed by atoms with Crippen molar-refractivity contribution in [3.63, 3.8) is 0 Å². The summed E-state index contributed by atoms with van der Waals surface area (Å²) in [5.41, 5.74) is 5.16. The minimum Gasteiger partial charge on any atom is -0.394 e. The lowest BCUT2D eigenvalue weighted by Crippen LogP contribution is -2.40. The number of aliphatic hydroxyl groups is 2. The summed E-state index contributed by atoms with van der Waals surface area (Å²) in [6.07, 6.45) is -1.24. The van der Waals surface area contributed by atoms with Crippen LogP contribution in [0.25, 0.3) is 0 Å². The molecule has 0 radical (unpaired) electrons. The third kappa shape index (κ3) is 5.62. The lowest BCUT2D eigenvalue weighted by atomic mass is 10.2. The Kier molecular flexibility index (Phi) is 4.88. The van der Waals surface area contributed by atoms with Crippen LogP contribution in [0.5, 0.6) is 0 Å². The molecule has 0 saturated carbocycles. The van der Waals surface area contributed by atoms with Crippen LogP contribution < -0.4 is 5.73 Å². The molecule has 0 rings (SSSR count). The first-order valence-electron chi connectivity index (χ1n) is 3.11. The third-order valence-electron chi connectivity index (χ3n) is 1.12. The van der Waals surface area contributed by atoms with Crippen LogP contribution >= 0.6 is 7.82 Å². The fraction of sp³-hybridized carbons (Fsp3) is 1.00. The van der Waals surface area contributed by atoms with Crippen LogP contribution in [0, 0.1) is 0 Å². The molecule has 0 aliphatic carbocycles. The molecular weight excluding hydrogens is 189 g/mol. The molecule has 12 heavy (non-hydrogen) atoms. The van der Waals surface area contributed by atoms with Crippen molar-refractivity contribution in [1.82, 2.24) is 0 Å². The highest BCUT2D eigenvalue weighted by Crippen LogP contribution is 2.35. The molecular formula is C4H12NO6P. The Hall–Kier alpha value is -0.0100. The van der Waals surface area contributed by atoms with E-state index in [9.17, 15) is 4.57 Å². The van der Waals surface area contributed by atoms with Crippen LogP contribution in [0.15, 0.2) is 0 Å². The molecule has 0 saturated heterocycles. The first kappa shape index (κ1) is 12.0. The summed E-state index contributed by atoms with van der Waals surface area (Å²) in [5, 5.41) is 17.2. The maximum Gasteiger partial charge on any atom is 0.469 e. The van der Waals surface area contributed by atoms with Gasteiger partial charge in [0.05, 0.1) is 25.4 Å². The Morgan fingerprint density at radius 1 is 1.50 bits per heavy atom. The number of hydrogen-bond donors (Lipinski definition) is 5. The topological polar surface area (TPSA) is 133 Å². The molecule has 0 spiro atoms. The largest absolute Gasteiger partial charge is 0.469 e. The van der Waals surface area contributed by atoms with Crippen LogP contribution in [0.1, 0.15) is 0 Å². The number of aliphatic hydroxyl groups excluding tert-OH is 2. The van der Waals surface area contributed by atoms with Gasteiger partial charge in [0.25, 0.3) is 0 Å². The summed E-state index contributed by atoms with van der Waals surface area (Å²) in [5.74, 6) is 0. The Bertz CT molecular complexity index is 169. The average molecular weight is 201 g/mol. The van der Waals surface area contributed by atoms with Crippen molar-refractivity contribution >= 4 is 7.82 Å². The van der Waals surface area contributed by atoms with Gasteiger partial charge in [-0.05, 0) is 0 Å². The third-order valence-corrected chi connectivity index (χ3v) is 1.60. The molecule has 0 aromatic rings. The number of nitrogens with two attached hydrogens (primary N) is 1. The van der Waals surface area contributed by atoms with E-state index in [0.717, 1.165) is 0 Å². The number of phosphoric ester groups is 1. The van der Waals surface area contributed by atoms with Gasteiger partial charge in [0.1, 0.15) is 0 Å². The van der Waals surface area contributed by atoms with E-state index < -0.39 is 33.2 Å². The van der Waals surface area contributed by atoms with Gasteiger partial charge in [-0.25, -0.2) is 4.57 Å². The first-order chi connectivity index (χ1) is 5.37. The summed E-state index contributed by atoms with van der Waals surface area (Å²) in [6.45, 7) is -1.09. The molecule has 0 aromatic heterocycles. The summed E-state index contributed by atoms with van der Waals surface area (Å²) < 4.78 is 14.1. The van der Waals surface area contributed by atoms with Gasteiger partial charge in [-0.1, -0.05) is 0 Å². The second-order valence-electron chi connectivity index (χ2n) is 2.20. The molecule has 0 aliphatic heterocycles. The second kappa shape index (κ2) is 4.88. The maximum atomic E-state index is 10.1. The highest BCUT2D eigenvalue weighted by Gasteiger charge is 2.20. The molecule has 0 aliphatic rings. The van der Waals surface area contributed by atoms with Crippen molar-refractivity contribution in [1.29, 1.82) is 0 Å². The average Bonchev–Trinajstić information content (AvgIpc) is 1.97. The molecule has 2 atom stereocenters. The zero-order valence-corrected chi connectivity index (χ0v) is 7.09. The molecule has 8 heteroatoms. The van der Waals surface area contributed by atoms with Gasteiger partial charge in [0.2, 0.25) is 0 Å². The SMILES string of the molecule is N[C@@H](COP(=O)(O)O)[C@H](O)CO. The van der Waals surface area contributed by atoms with Crippen LogP contribution in [0.2, 0.25) is 0 Å². The van der Waals surface area contributed by atoms with E-state index in [-0.39, 0.29) is 0 Å². The van der Waals surface area contributed by atoms with Crippen molar-refractivity contribution in [2.24, 2.45) is 5.73 Å². The van der Waals surface area contributed by atoms with Crippen LogP contribution in [0.4, 0.5) is 0 Å². The van der Waals surface area contributed by atoms with Crippen molar-refractivity contribution in [3.05, 3.63) is 0 Å². The first-order valence-corrected chi connectivity index (χ1v) is 4.64. The monoisotopic (exact) mass is 201 g/mol. The van der Waals surface area contributed by atoms with Crippen molar-refractivity contribution < 1.29 is 29.1 Å². The lowest BCUT2D eigenvalue weighted by Gasteiger charge is -2.16. The molecule has 0 aromatic carbocycles. The minimum atomic E-state index is -4.54. The highest BCUT2D eigenvalue weighted by atomic mass is 31.2.